The minimum Gasteiger partial charge on any atom is -0.497 e. The second kappa shape index (κ2) is 8.59. The molecule has 3 rings (SSSR count). The van der Waals surface area contributed by atoms with Crippen LogP contribution in [0, 0.1) is 6.92 Å². The number of anilines is 1. The normalized spacial score (nSPS) is 10.6. The van der Waals surface area contributed by atoms with Crippen LogP contribution < -0.4 is 20.4 Å². The third-order valence-corrected chi connectivity index (χ3v) is 4.96. The Morgan fingerprint density at radius 2 is 1.96 bits per heavy atom. The van der Waals surface area contributed by atoms with E-state index in [1.54, 1.807) is 36.1 Å². The summed E-state index contributed by atoms with van der Waals surface area (Å²) in [4.78, 5) is 24.1. The minimum atomic E-state index is -0.477. The van der Waals surface area contributed by atoms with E-state index in [9.17, 15) is 9.59 Å². The van der Waals surface area contributed by atoms with Crippen molar-refractivity contribution in [2.45, 2.75) is 18.4 Å². The molecule has 0 spiro atoms. The standard InChI is InChI=1S/C19H19N3O4S/c1-13-5-3-4-6-16(13)20-17(23)11-12-27-18-19(24)26-21-22(18)14-7-9-15(25-2)10-8-14/h3-10H,11-12H2,1-2H3,(H-,20,21,23,24)/p+1. The lowest BCUT2D eigenvalue weighted by atomic mass is 10.2. The molecule has 27 heavy (non-hydrogen) atoms. The molecule has 0 aliphatic heterocycles. The smallest absolute Gasteiger partial charge is 0.442 e. The Morgan fingerprint density at radius 1 is 1.22 bits per heavy atom. The molecule has 7 nitrogen and oxygen atoms in total. The molecule has 2 N–H and O–H groups in total. The van der Waals surface area contributed by atoms with E-state index in [0.29, 0.717) is 16.5 Å². The molecule has 2 aromatic carbocycles. The highest BCUT2D eigenvalue weighted by molar-refractivity contribution is 7.99. The second-order valence-electron chi connectivity index (χ2n) is 5.78. The minimum absolute atomic E-state index is 0.104. The molecule has 0 fully saturated rings. The van der Waals surface area contributed by atoms with Crippen molar-refractivity contribution in [3.05, 3.63) is 64.5 Å². The van der Waals surface area contributed by atoms with Crippen molar-refractivity contribution in [3.8, 4) is 11.4 Å². The summed E-state index contributed by atoms with van der Waals surface area (Å²) in [5, 5.41) is 5.84. The van der Waals surface area contributed by atoms with Gasteiger partial charge in [0.15, 0.2) is 0 Å². The zero-order valence-corrected chi connectivity index (χ0v) is 15.8. The molecule has 140 valence electrons. The maximum Gasteiger partial charge on any atom is 0.442 e. The highest BCUT2D eigenvalue weighted by Gasteiger charge is 2.24. The van der Waals surface area contributed by atoms with E-state index in [4.69, 9.17) is 9.26 Å². The number of hydrogen-bond acceptors (Lipinski definition) is 5. The molecule has 0 unspecified atom stereocenters. The number of aromatic nitrogens is 2. The number of benzene rings is 2. The number of ether oxygens (including phenoxy) is 1. The molecule has 3 aromatic rings. The van der Waals surface area contributed by atoms with Crippen LogP contribution in [-0.2, 0) is 4.79 Å². The van der Waals surface area contributed by atoms with Crippen molar-refractivity contribution in [2.75, 3.05) is 18.2 Å². The number of H-pyrrole nitrogens is 1. The van der Waals surface area contributed by atoms with Crippen molar-refractivity contribution >= 4 is 23.4 Å². The molecule has 1 heterocycles. The lowest BCUT2D eigenvalue weighted by Gasteiger charge is -2.07. The number of para-hydroxylation sites is 1. The number of hydrogen-bond donors (Lipinski definition) is 2. The Hall–Kier alpha value is -3.00. The number of nitrogens with one attached hydrogen (secondary N) is 2. The van der Waals surface area contributed by atoms with E-state index in [1.165, 1.54) is 11.8 Å². The van der Waals surface area contributed by atoms with E-state index in [1.807, 2.05) is 31.2 Å². The zero-order valence-electron chi connectivity index (χ0n) is 15.0. The van der Waals surface area contributed by atoms with Crippen LogP contribution in [0.25, 0.3) is 5.69 Å². The van der Waals surface area contributed by atoms with Crippen LogP contribution in [0.3, 0.4) is 0 Å². The number of methoxy groups -OCH3 is 1. The van der Waals surface area contributed by atoms with Gasteiger partial charge in [-0.1, -0.05) is 18.2 Å². The number of rotatable bonds is 7. The average molecular weight is 386 g/mol. The van der Waals surface area contributed by atoms with E-state index < -0.39 is 5.63 Å². The molecular formula is C19H20N3O4S+. The maximum absolute atomic E-state index is 12.1. The first-order valence-corrected chi connectivity index (χ1v) is 9.33. The maximum atomic E-state index is 12.1. The summed E-state index contributed by atoms with van der Waals surface area (Å²) in [6, 6.07) is 14.8. The molecule has 0 saturated heterocycles. The Bertz CT molecular complexity index is 979. The third kappa shape index (κ3) is 4.59. The Labute approximate surface area is 160 Å². The SMILES string of the molecule is COc1ccc(-[n+]2[nH]oc(=O)c2SCCC(=O)Nc2ccccc2C)cc1. The molecule has 0 radical (unpaired) electrons. The summed E-state index contributed by atoms with van der Waals surface area (Å²) < 4.78 is 11.6. The van der Waals surface area contributed by atoms with Gasteiger partial charge in [-0.05, 0) is 52.4 Å². The van der Waals surface area contributed by atoms with Gasteiger partial charge in [-0.15, -0.1) is 0 Å². The number of amides is 1. The number of aromatic amines is 1. The highest BCUT2D eigenvalue weighted by Crippen LogP contribution is 2.17. The van der Waals surface area contributed by atoms with Gasteiger partial charge in [-0.25, -0.2) is 4.79 Å². The third-order valence-electron chi connectivity index (χ3n) is 3.93. The summed E-state index contributed by atoms with van der Waals surface area (Å²) >= 11 is 1.26. The van der Waals surface area contributed by atoms with Crippen molar-refractivity contribution < 1.29 is 18.7 Å². The summed E-state index contributed by atoms with van der Waals surface area (Å²) in [5.74, 6) is 1.05. The molecule has 1 aromatic heterocycles. The predicted octanol–water partition coefficient (Wildman–Crippen LogP) is 2.68. The van der Waals surface area contributed by atoms with Crippen LogP contribution in [0.4, 0.5) is 5.69 Å². The van der Waals surface area contributed by atoms with Crippen LogP contribution in [-0.4, -0.2) is 24.0 Å². The number of nitrogens with zero attached hydrogens (tertiary/aromatic N) is 1. The van der Waals surface area contributed by atoms with Crippen molar-refractivity contribution in [2.24, 2.45) is 0 Å². The van der Waals surface area contributed by atoms with Crippen LogP contribution >= 0.6 is 11.8 Å². The topological polar surface area (TPSA) is 88.2 Å². The van der Waals surface area contributed by atoms with Crippen molar-refractivity contribution in [3.63, 3.8) is 0 Å². The van der Waals surface area contributed by atoms with Gasteiger partial charge < -0.3 is 10.1 Å². The fourth-order valence-corrected chi connectivity index (χ4v) is 3.37. The molecule has 0 aliphatic rings. The summed E-state index contributed by atoms with van der Waals surface area (Å²) in [5.41, 5.74) is 2.05. The van der Waals surface area contributed by atoms with Crippen LogP contribution in [0.5, 0.6) is 5.75 Å². The van der Waals surface area contributed by atoms with Gasteiger partial charge in [-0.3, -0.25) is 9.32 Å². The summed E-state index contributed by atoms with van der Waals surface area (Å²) in [6.07, 6.45) is 0.270. The van der Waals surface area contributed by atoms with Crippen LogP contribution in [0.15, 0.2) is 62.9 Å². The Balaban J connectivity index is 1.63. The summed E-state index contributed by atoms with van der Waals surface area (Å²) in [6.45, 7) is 1.94. The molecule has 0 aliphatic carbocycles. The number of carbonyl (C=O) groups excluding carboxylic acids is 1. The van der Waals surface area contributed by atoms with Gasteiger partial charge >= 0.3 is 10.7 Å². The number of carbonyl (C=O) groups is 1. The largest absolute Gasteiger partial charge is 0.497 e. The highest BCUT2D eigenvalue weighted by atomic mass is 32.2. The lowest BCUT2D eigenvalue weighted by molar-refractivity contribution is -0.704. The number of aryl methyl sites for hydroxylation is 1. The molecular weight excluding hydrogens is 366 g/mol. The van der Waals surface area contributed by atoms with E-state index >= 15 is 0 Å². The average Bonchev–Trinajstić information content (AvgIpc) is 3.04. The molecule has 0 saturated carbocycles. The van der Waals surface area contributed by atoms with Gasteiger partial charge in [0.05, 0.1) is 7.11 Å². The van der Waals surface area contributed by atoms with Crippen molar-refractivity contribution in [1.29, 1.82) is 0 Å². The predicted molar refractivity (Wildman–Crippen MR) is 103 cm³/mol. The molecule has 1 amide bonds. The monoisotopic (exact) mass is 386 g/mol. The molecule has 0 bridgehead atoms. The van der Waals surface area contributed by atoms with E-state index in [-0.39, 0.29) is 12.3 Å². The first kappa shape index (κ1) is 18.8. The number of thioether (sulfide) groups is 1. The van der Waals surface area contributed by atoms with Gasteiger partial charge in [0, 0.05) is 30.0 Å². The van der Waals surface area contributed by atoms with Crippen molar-refractivity contribution in [1.82, 2.24) is 5.27 Å². The fourth-order valence-electron chi connectivity index (χ4n) is 2.45. The van der Waals surface area contributed by atoms with Gasteiger partial charge in [0.1, 0.15) is 5.75 Å². The van der Waals surface area contributed by atoms with Gasteiger partial charge in [0.25, 0.3) is 0 Å². The van der Waals surface area contributed by atoms with Crippen LogP contribution in [0.1, 0.15) is 12.0 Å². The van der Waals surface area contributed by atoms with E-state index in [2.05, 4.69) is 10.6 Å². The Kier molecular flexibility index (Phi) is 5.97. The van der Waals surface area contributed by atoms with Gasteiger partial charge in [0.2, 0.25) is 11.6 Å². The van der Waals surface area contributed by atoms with E-state index in [0.717, 1.165) is 16.9 Å². The first-order chi connectivity index (χ1) is 13.1. The molecule has 0 atom stereocenters. The van der Waals surface area contributed by atoms with Crippen LogP contribution in [0.2, 0.25) is 0 Å². The summed E-state index contributed by atoms with van der Waals surface area (Å²) in [7, 11) is 1.59. The first-order valence-electron chi connectivity index (χ1n) is 8.34. The molecule has 8 heteroatoms. The lowest BCUT2D eigenvalue weighted by Crippen LogP contribution is -2.36. The quantitative estimate of drug-likeness (QED) is 0.481. The fraction of sp³-hybridized carbons (Fsp3) is 0.211. The second-order valence-corrected chi connectivity index (χ2v) is 6.86. The zero-order chi connectivity index (χ0) is 19.2. The van der Waals surface area contributed by atoms with Gasteiger partial charge in [-0.2, -0.15) is 0 Å². The Morgan fingerprint density at radius 3 is 2.67 bits per heavy atom.